The maximum absolute atomic E-state index is 11.8. The van der Waals surface area contributed by atoms with E-state index in [0.717, 1.165) is 11.3 Å². The quantitative estimate of drug-likeness (QED) is 0.913. The molecule has 1 aromatic heterocycles. The van der Waals surface area contributed by atoms with E-state index in [9.17, 15) is 4.79 Å². The van der Waals surface area contributed by atoms with Crippen LogP contribution in [-0.4, -0.2) is 9.55 Å². The molecule has 19 heavy (non-hydrogen) atoms. The van der Waals surface area contributed by atoms with Crippen molar-refractivity contribution >= 4 is 0 Å². The lowest BCUT2D eigenvalue weighted by Gasteiger charge is -2.15. The SMILES string of the molecule is Cc1cc(=O)n(CC(N)c2ccc(C)c(C)c2)cn1. The lowest BCUT2D eigenvalue weighted by Crippen LogP contribution is -2.26. The van der Waals surface area contributed by atoms with Crippen LogP contribution in [0.15, 0.2) is 35.4 Å². The summed E-state index contributed by atoms with van der Waals surface area (Å²) in [5.41, 5.74) is 10.3. The number of nitrogens with zero attached hydrogens (tertiary/aromatic N) is 2. The number of rotatable bonds is 3. The molecule has 2 aromatic rings. The summed E-state index contributed by atoms with van der Waals surface area (Å²) in [5.74, 6) is 0. The van der Waals surface area contributed by atoms with Crippen molar-refractivity contribution in [3.8, 4) is 0 Å². The van der Waals surface area contributed by atoms with Gasteiger partial charge in [-0.05, 0) is 37.5 Å². The largest absolute Gasteiger partial charge is 0.322 e. The van der Waals surface area contributed by atoms with Gasteiger partial charge < -0.3 is 5.73 Å². The number of aromatic nitrogens is 2. The second kappa shape index (κ2) is 5.36. The summed E-state index contributed by atoms with van der Waals surface area (Å²) in [6.07, 6.45) is 1.55. The smallest absolute Gasteiger partial charge is 0.253 e. The predicted molar refractivity (Wildman–Crippen MR) is 76.1 cm³/mol. The first-order valence-electron chi connectivity index (χ1n) is 6.33. The van der Waals surface area contributed by atoms with Gasteiger partial charge in [0.1, 0.15) is 0 Å². The van der Waals surface area contributed by atoms with Crippen LogP contribution in [0.4, 0.5) is 0 Å². The van der Waals surface area contributed by atoms with Gasteiger partial charge in [-0.2, -0.15) is 0 Å². The fourth-order valence-corrected chi connectivity index (χ4v) is 1.97. The van der Waals surface area contributed by atoms with Crippen molar-refractivity contribution in [1.29, 1.82) is 0 Å². The van der Waals surface area contributed by atoms with Gasteiger partial charge in [0.2, 0.25) is 0 Å². The van der Waals surface area contributed by atoms with Crippen LogP contribution in [0, 0.1) is 20.8 Å². The molecule has 1 heterocycles. The third-order valence-electron chi connectivity index (χ3n) is 3.37. The number of benzene rings is 1. The molecule has 4 nitrogen and oxygen atoms in total. The first kappa shape index (κ1) is 13.5. The van der Waals surface area contributed by atoms with Crippen LogP contribution in [-0.2, 0) is 6.54 Å². The highest BCUT2D eigenvalue weighted by Gasteiger charge is 2.09. The molecule has 2 N–H and O–H groups in total. The number of nitrogens with two attached hydrogens (primary N) is 1. The normalized spacial score (nSPS) is 12.4. The molecular weight excluding hydrogens is 238 g/mol. The van der Waals surface area contributed by atoms with Crippen LogP contribution in [0.3, 0.4) is 0 Å². The van der Waals surface area contributed by atoms with E-state index in [0.29, 0.717) is 6.54 Å². The average Bonchev–Trinajstić information content (AvgIpc) is 2.36. The molecule has 0 spiro atoms. The van der Waals surface area contributed by atoms with Gasteiger partial charge in [-0.25, -0.2) is 4.98 Å². The molecule has 1 aromatic carbocycles. The van der Waals surface area contributed by atoms with Gasteiger partial charge in [0.25, 0.3) is 5.56 Å². The zero-order chi connectivity index (χ0) is 14.0. The van der Waals surface area contributed by atoms with Gasteiger partial charge in [0.15, 0.2) is 0 Å². The van der Waals surface area contributed by atoms with E-state index in [1.165, 1.54) is 17.2 Å². The predicted octanol–water partition coefficient (Wildman–Crippen LogP) is 1.87. The summed E-state index contributed by atoms with van der Waals surface area (Å²) in [5, 5.41) is 0. The van der Waals surface area contributed by atoms with Crippen molar-refractivity contribution in [2.75, 3.05) is 0 Å². The highest BCUT2D eigenvalue weighted by Crippen LogP contribution is 2.16. The van der Waals surface area contributed by atoms with Crippen LogP contribution >= 0.6 is 0 Å². The molecule has 0 radical (unpaired) electrons. The Kier molecular flexibility index (Phi) is 3.81. The first-order chi connectivity index (χ1) is 8.97. The summed E-state index contributed by atoms with van der Waals surface area (Å²) < 4.78 is 1.55. The van der Waals surface area contributed by atoms with Crippen molar-refractivity contribution in [3.05, 3.63) is 63.3 Å². The van der Waals surface area contributed by atoms with Crippen LogP contribution in [0.2, 0.25) is 0 Å². The van der Waals surface area contributed by atoms with E-state index in [1.54, 1.807) is 17.8 Å². The van der Waals surface area contributed by atoms with Gasteiger partial charge in [-0.15, -0.1) is 0 Å². The van der Waals surface area contributed by atoms with E-state index >= 15 is 0 Å². The molecule has 1 unspecified atom stereocenters. The molecule has 0 aliphatic rings. The Hall–Kier alpha value is -1.94. The fourth-order valence-electron chi connectivity index (χ4n) is 1.97. The minimum atomic E-state index is -0.207. The van der Waals surface area contributed by atoms with Gasteiger partial charge in [0, 0.05) is 24.3 Å². The molecule has 0 bridgehead atoms. The molecule has 0 saturated carbocycles. The maximum atomic E-state index is 11.8. The average molecular weight is 257 g/mol. The van der Waals surface area contributed by atoms with E-state index < -0.39 is 0 Å². The molecule has 0 amide bonds. The Labute approximate surface area is 112 Å². The number of hydrogen-bond acceptors (Lipinski definition) is 3. The minimum Gasteiger partial charge on any atom is -0.322 e. The van der Waals surface area contributed by atoms with Gasteiger partial charge in [-0.3, -0.25) is 9.36 Å². The maximum Gasteiger partial charge on any atom is 0.253 e. The van der Waals surface area contributed by atoms with Gasteiger partial charge in [0.05, 0.1) is 6.33 Å². The third-order valence-corrected chi connectivity index (χ3v) is 3.37. The summed E-state index contributed by atoms with van der Waals surface area (Å²) in [6, 6.07) is 7.46. The Bertz CT molecular complexity index is 646. The van der Waals surface area contributed by atoms with Crippen molar-refractivity contribution in [2.45, 2.75) is 33.4 Å². The summed E-state index contributed by atoms with van der Waals surface area (Å²) in [6.45, 7) is 6.37. The Balaban J connectivity index is 2.22. The van der Waals surface area contributed by atoms with Crippen molar-refractivity contribution in [3.63, 3.8) is 0 Å². The van der Waals surface area contributed by atoms with Crippen LogP contribution in [0.25, 0.3) is 0 Å². The van der Waals surface area contributed by atoms with Crippen LogP contribution < -0.4 is 11.3 Å². The van der Waals surface area contributed by atoms with Crippen molar-refractivity contribution in [1.82, 2.24) is 9.55 Å². The number of hydrogen-bond donors (Lipinski definition) is 1. The molecule has 4 heteroatoms. The zero-order valence-electron chi connectivity index (χ0n) is 11.6. The topological polar surface area (TPSA) is 60.9 Å². The van der Waals surface area contributed by atoms with Crippen LogP contribution in [0.5, 0.6) is 0 Å². The Morgan fingerprint density at radius 1 is 1.21 bits per heavy atom. The molecule has 0 fully saturated rings. The van der Waals surface area contributed by atoms with Gasteiger partial charge in [-0.1, -0.05) is 18.2 Å². The number of aryl methyl sites for hydroxylation is 3. The van der Waals surface area contributed by atoms with Crippen LogP contribution in [0.1, 0.15) is 28.4 Å². The van der Waals surface area contributed by atoms with Crippen molar-refractivity contribution < 1.29 is 0 Å². The molecule has 0 aliphatic heterocycles. The molecular formula is C15H19N3O. The summed E-state index contributed by atoms with van der Waals surface area (Å²) >= 11 is 0. The highest BCUT2D eigenvalue weighted by molar-refractivity contribution is 5.31. The first-order valence-corrected chi connectivity index (χ1v) is 6.33. The monoisotopic (exact) mass is 257 g/mol. The van der Waals surface area contributed by atoms with E-state index in [1.807, 2.05) is 6.07 Å². The molecule has 100 valence electrons. The third kappa shape index (κ3) is 3.09. The minimum absolute atomic E-state index is 0.0632. The molecule has 0 aliphatic carbocycles. The Morgan fingerprint density at radius 3 is 2.58 bits per heavy atom. The summed E-state index contributed by atoms with van der Waals surface area (Å²) in [7, 11) is 0. The standard InChI is InChI=1S/C15H19N3O/c1-10-4-5-13(6-11(10)2)14(16)8-18-9-17-12(3)7-15(18)19/h4-7,9,14H,8,16H2,1-3H3. The van der Waals surface area contributed by atoms with E-state index in [4.69, 9.17) is 5.73 Å². The summed E-state index contributed by atoms with van der Waals surface area (Å²) in [4.78, 5) is 15.9. The van der Waals surface area contributed by atoms with E-state index in [-0.39, 0.29) is 11.6 Å². The molecule has 1 atom stereocenters. The Morgan fingerprint density at radius 2 is 1.95 bits per heavy atom. The molecule has 2 rings (SSSR count). The van der Waals surface area contributed by atoms with E-state index in [2.05, 4.69) is 31.0 Å². The van der Waals surface area contributed by atoms with Crippen molar-refractivity contribution in [2.24, 2.45) is 5.73 Å². The fraction of sp³-hybridized carbons (Fsp3) is 0.333. The molecule has 0 saturated heterocycles. The second-order valence-corrected chi connectivity index (χ2v) is 4.97. The zero-order valence-corrected chi connectivity index (χ0v) is 11.6. The van der Waals surface area contributed by atoms with Gasteiger partial charge >= 0.3 is 0 Å². The highest BCUT2D eigenvalue weighted by atomic mass is 16.1. The lowest BCUT2D eigenvalue weighted by molar-refractivity contribution is 0.552. The second-order valence-electron chi connectivity index (χ2n) is 4.97. The lowest BCUT2D eigenvalue weighted by atomic mass is 10.0.